The summed E-state index contributed by atoms with van der Waals surface area (Å²) in [6.45, 7) is 5.00. The number of aliphatic hydroxyl groups excluding tert-OH is 1. The first-order chi connectivity index (χ1) is 15.9. The smallest absolute Gasteiger partial charge is 0.350 e. The summed E-state index contributed by atoms with van der Waals surface area (Å²) in [6.07, 6.45) is 3.01. The Labute approximate surface area is 188 Å². The lowest BCUT2D eigenvalue weighted by Crippen LogP contribution is -2.55. The number of carbonyl (C=O) groups excluding carboxylic acids is 1. The standard InChI is InChI=1S/C23H23FN4O5/c1-2-18(31)26-6-8-27(9-7-26)22-15-10-14(19-16(24)4-3-5-17(19)30)21-20(15)28(23(32)25-22)13(11-29)12-33-21/h2-5,10,13-14,29-30H,1,6-9,11-12H2/t13-,14?/m0/s1. The molecule has 1 aromatic heterocycles. The molecule has 2 atom stereocenters. The molecule has 1 saturated heterocycles. The van der Waals surface area contributed by atoms with Gasteiger partial charge in [0.05, 0.1) is 23.9 Å². The number of rotatable bonds is 4. The van der Waals surface area contributed by atoms with Crippen LogP contribution < -0.4 is 21.2 Å². The van der Waals surface area contributed by atoms with Gasteiger partial charge in [0.2, 0.25) is 5.91 Å². The Morgan fingerprint density at radius 2 is 2.06 bits per heavy atom. The summed E-state index contributed by atoms with van der Waals surface area (Å²) in [4.78, 5) is 32.9. The highest BCUT2D eigenvalue weighted by Crippen LogP contribution is 2.38. The molecule has 33 heavy (non-hydrogen) atoms. The molecule has 2 N–H and O–H groups in total. The van der Waals surface area contributed by atoms with E-state index in [1.807, 2.05) is 4.90 Å². The molecule has 9 nitrogen and oxygen atoms in total. The van der Waals surface area contributed by atoms with Crippen LogP contribution >= 0.6 is 0 Å². The minimum absolute atomic E-state index is 0.0289. The van der Waals surface area contributed by atoms with Gasteiger partial charge in [-0.25, -0.2) is 9.18 Å². The van der Waals surface area contributed by atoms with Gasteiger partial charge < -0.3 is 24.7 Å². The molecular formula is C23H23FN4O5. The number of carbonyl (C=O) groups is 1. The number of hydrogen-bond acceptors (Lipinski definition) is 7. The van der Waals surface area contributed by atoms with E-state index >= 15 is 0 Å². The van der Waals surface area contributed by atoms with Crippen LogP contribution in [0, 0.1) is 5.82 Å². The highest BCUT2D eigenvalue weighted by molar-refractivity contribution is 5.87. The molecule has 0 radical (unpaired) electrons. The predicted molar refractivity (Wildman–Crippen MR) is 117 cm³/mol. The van der Waals surface area contributed by atoms with Crippen LogP contribution in [0.15, 0.2) is 35.6 Å². The van der Waals surface area contributed by atoms with Gasteiger partial charge in [0.25, 0.3) is 0 Å². The summed E-state index contributed by atoms with van der Waals surface area (Å²) in [5.41, 5.74) is -0.488. The van der Waals surface area contributed by atoms with Gasteiger partial charge in [-0.3, -0.25) is 9.36 Å². The number of hydrogen-bond donors (Lipinski definition) is 2. The molecule has 1 fully saturated rings. The molecular weight excluding hydrogens is 431 g/mol. The van der Waals surface area contributed by atoms with Crippen molar-refractivity contribution in [1.29, 1.82) is 0 Å². The number of anilines is 1. The molecule has 3 heterocycles. The summed E-state index contributed by atoms with van der Waals surface area (Å²) in [6, 6.07) is 3.45. The molecule has 1 aromatic carbocycles. The molecule has 2 aliphatic heterocycles. The highest BCUT2D eigenvalue weighted by atomic mass is 19.1. The van der Waals surface area contributed by atoms with Crippen LogP contribution in [0.4, 0.5) is 10.2 Å². The average Bonchev–Trinajstić information content (AvgIpc) is 3.20. The summed E-state index contributed by atoms with van der Waals surface area (Å²) in [7, 11) is 0. The summed E-state index contributed by atoms with van der Waals surface area (Å²) in [5.74, 6) is -0.965. The SMILES string of the molecule is C=CC(=O)N1CCN(c2nc(=O)n3c4c2=CC(c2c(O)cccc2F)C=4OC[C@@H]3CO)CC1. The van der Waals surface area contributed by atoms with Gasteiger partial charge in [0.1, 0.15) is 29.8 Å². The third-order valence-electron chi connectivity index (χ3n) is 6.41. The summed E-state index contributed by atoms with van der Waals surface area (Å²) in [5, 5.41) is 21.2. The lowest BCUT2D eigenvalue weighted by Gasteiger charge is -2.35. The zero-order valence-corrected chi connectivity index (χ0v) is 17.8. The molecule has 1 unspecified atom stereocenters. The van der Waals surface area contributed by atoms with E-state index in [0.717, 1.165) is 0 Å². The Hall–Kier alpha value is -3.66. The van der Waals surface area contributed by atoms with E-state index in [1.54, 1.807) is 11.0 Å². The third kappa shape index (κ3) is 3.29. The van der Waals surface area contributed by atoms with Crippen molar-refractivity contribution in [3.8, 4) is 5.75 Å². The second kappa shape index (κ2) is 8.04. The van der Waals surface area contributed by atoms with Crippen LogP contribution in [-0.2, 0) is 9.53 Å². The Balaban J connectivity index is 1.67. The molecule has 5 rings (SSSR count). The molecule has 3 aliphatic rings. The molecule has 0 spiro atoms. The van der Waals surface area contributed by atoms with Gasteiger partial charge in [0.15, 0.2) is 0 Å². The Kier molecular flexibility index (Phi) is 5.16. The van der Waals surface area contributed by atoms with Crippen molar-refractivity contribution in [1.82, 2.24) is 14.5 Å². The minimum atomic E-state index is -0.752. The number of amides is 1. The van der Waals surface area contributed by atoms with Crippen molar-refractivity contribution in [2.45, 2.75) is 12.0 Å². The first kappa shape index (κ1) is 21.2. The summed E-state index contributed by atoms with van der Waals surface area (Å²) < 4.78 is 22.1. The molecule has 1 amide bonds. The van der Waals surface area contributed by atoms with E-state index in [0.29, 0.717) is 48.3 Å². The van der Waals surface area contributed by atoms with Crippen LogP contribution in [0.5, 0.6) is 5.75 Å². The number of aromatic hydroxyl groups is 1. The number of ether oxygens (including phenoxy) is 1. The number of phenolic OH excluding ortho intramolecular Hbond substituents is 1. The van der Waals surface area contributed by atoms with Gasteiger partial charge in [-0.15, -0.1) is 0 Å². The largest absolute Gasteiger partial charge is 0.508 e. The van der Waals surface area contributed by atoms with Crippen molar-refractivity contribution in [3.05, 3.63) is 63.3 Å². The van der Waals surface area contributed by atoms with Gasteiger partial charge in [-0.2, -0.15) is 4.98 Å². The fourth-order valence-electron chi connectivity index (χ4n) is 4.78. The zero-order valence-electron chi connectivity index (χ0n) is 17.8. The Morgan fingerprint density at radius 1 is 1.30 bits per heavy atom. The van der Waals surface area contributed by atoms with Crippen LogP contribution in [-0.4, -0.2) is 70.0 Å². The number of halogens is 1. The second-order valence-electron chi connectivity index (χ2n) is 8.20. The van der Waals surface area contributed by atoms with E-state index in [1.165, 1.54) is 28.8 Å². The van der Waals surface area contributed by atoms with Gasteiger partial charge >= 0.3 is 5.69 Å². The van der Waals surface area contributed by atoms with E-state index in [2.05, 4.69) is 11.6 Å². The molecule has 10 heteroatoms. The van der Waals surface area contributed by atoms with Crippen molar-refractivity contribution >= 4 is 23.6 Å². The molecule has 0 saturated carbocycles. The maximum absolute atomic E-state index is 14.8. The van der Waals surface area contributed by atoms with E-state index in [-0.39, 0.29) is 30.4 Å². The fourth-order valence-corrected chi connectivity index (χ4v) is 4.78. The topological polar surface area (TPSA) is 108 Å². The zero-order chi connectivity index (χ0) is 23.3. The number of piperazine rings is 1. The molecule has 1 aliphatic carbocycles. The monoisotopic (exact) mass is 454 g/mol. The number of aromatic nitrogens is 2. The predicted octanol–water partition coefficient (Wildman–Crippen LogP) is -0.828. The lowest BCUT2D eigenvalue weighted by atomic mass is 9.97. The van der Waals surface area contributed by atoms with Crippen LogP contribution in [0.2, 0.25) is 0 Å². The minimum Gasteiger partial charge on any atom is -0.508 e. The number of nitrogens with zero attached hydrogens (tertiary/aromatic N) is 4. The number of benzene rings is 1. The van der Waals surface area contributed by atoms with Gasteiger partial charge in [0, 0.05) is 37.0 Å². The van der Waals surface area contributed by atoms with Gasteiger partial charge in [-0.05, 0) is 18.2 Å². The average molecular weight is 454 g/mol. The quantitative estimate of drug-likeness (QED) is 0.581. The van der Waals surface area contributed by atoms with Gasteiger partial charge in [-0.1, -0.05) is 18.7 Å². The third-order valence-corrected chi connectivity index (χ3v) is 6.41. The molecule has 0 bridgehead atoms. The first-order valence-electron chi connectivity index (χ1n) is 10.7. The van der Waals surface area contributed by atoms with Crippen LogP contribution in [0.25, 0.3) is 11.8 Å². The van der Waals surface area contributed by atoms with Crippen molar-refractivity contribution in [2.24, 2.45) is 0 Å². The first-order valence-corrected chi connectivity index (χ1v) is 10.7. The van der Waals surface area contributed by atoms with E-state index in [9.17, 15) is 24.2 Å². The van der Waals surface area contributed by atoms with Crippen LogP contribution in [0.1, 0.15) is 17.5 Å². The number of phenols is 1. The molecule has 172 valence electrons. The summed E-state index contributed by atoms with van der Waals surface area (Å²) >= 11 is 0. The van der Waals surface area contributed by atoms with E-state index in [4.69, 9.17) is 4.74 Å². The highest BCUT2D eigenvalue weighted by Gasteiger charge is 2.36. The maximum atomic E-state index is 14.8. The number of aliphatic hydroxyl groups is 1. The van der Waals surface area contributed by atoms with Crippen molar-refractivity contribution < 1.29 is 24.1 Å². The Bertz CT molecular complexity index is 1310. The molecule has 2 aromatic rings. The normalized spacial score (nSPS) is 21.3. The fraction of sp³-hybridized carbons (Fsp3) is 0.348. The van der Waals surface area contributed by atoms with Crippen molar-refractivity contribution in [3.63, 3.8) is 0 Å². The lowest BCUT2D eigenvalue weighted by molar-refractivity contribution is -0.126. The maximum Gasteiger partial charge on any atom is 0.350 e. The van der Waals surface area contributed by atoms with Crippen LogP contribution in [0.3, 0.4) is 0 Å². The van der Waals surface area contributed by atoms with Crippen molar-refractivity contribution in [2.75, 3.05) is 44.3 Å². The van der Waals surface area contributed by atoms with E-state index < -0.39 is 23.5 Å². The Morgan fingerprint density at radius 3 is 2.73 bits per heavy atom. The second-order valence-corrected chi connectivity index (χ2v) is 8.20.